The molecule has 0 saturated heterocycles. The van der Waals surface area contributed by atoms with Crippen LogP contribution in [0.3, 0.4) is 0 Å². The van der Waals surface area contributed by atoms with Crippen LogP contribution in [0.15, 0.2) is 22.7 Å². The molecular formula is C11H7BrFNO2. The highest BCUT2D eigenvalue weighted by Crippen LogP contribution is 2.25. The van der Waals surface area contributed by atoms with Gasteiger partial charge in [-0.25, -0.2) is 14.2 Å². The summed E-state index contributed by atoms with van der Waals surface area (Å²) >= 11 is 3.12. The summed E-state index contributed by atoms with van der Waals surface area (Å²) in [5.41, 5.74) is 0.620. The van der Waals surface area contributed by atoms with Gasteiger partial charge in [0.15, 0.2) is 5.82 Å². The molecule has 0 fully saturated rings. The molecule has 16 heavy (non-hydrogen) atoms. The van der Waals surface area contributed by atoms with Crippen molar-refractivity contribution in [1.29, 1.82) is 0 Å². The van der Waals surface area contributed by atoms with Crippen molar-refractivity contribution in [2.24, 2.45) is 0 Å². The molecule has 0 unspecified atom stereocenters. The number of carboxylic acid groups (broad SMARTS) is 1. The van der Waals surface area contributed by atoms with Crippen LogP contribution in [0.1, 0.15) is 16.1 Å². The minimum absolute atomic E-state index is 0.0581. The van der Waals surface area contributed by atoms with Gasteiger partial charge in [0, 0.05) is 15.6 Å². The molecule has 1 heterocycles. The average molecular weight is 284 g/mol. The summed E-state index contributed by atoms with van der Waals surface area (Å²) in [6.45, 7) is 1.63. The van der Waals surface area contributed by atoms with Gasteiger partial charge in [0.2, 0.25) is 0 Å². The van der Waals surface area contributed by atoms with Gasteiger partial charge in [-0.1, -0.05) is 15.9 Å². The quantitative estimate of drug-likeness (QED) is 0.875. The highest BCUT2D eigenvalue weighted by molar-refractivity contribution is 9.10. The van der Waals surface area contributed by atoms with E-state index in [1.807, 2.05) is 0 Å². The molecule has 5 heteroatoms. The van der Waals surface area contributed by atoms with Crippen LogP contribution in [0.25, 0.3) is 10.9 Å². The Kier molecular flexibility index (Phi) is 2.63. The van der Waals surface area contributed by atoms with E-state index < -0.39 is 11.8 Å². The third kappa shape index (κ3) is 1.78. The number of aryl methyl sites for hydroxylation is 1. The Morgan fingerprint density at radius 3 is 2.75 bits per heavy atom. The van der Waals surface area contributed by atoms with Gasteiger partial charge in [-0.3, -0.25) is 0 Å². The Bertz CT molecular complexity index is 598. The van der Waals surface area contributed by atoms with Crippen molar-refractivity contribution in [3.8, 4) is 0 Å². The first-order valence-electron chi connectivity index (χ1n) is 4.48. The zero-order valence-corrected chi connectivity index (χ0v) is 9.88. The zero-order valence-electron chi connectivity index (χ0n) is 8.29. The summed E-state index contributed by atoms with van der Waals surface area (Å²) in [6, 6.07) is 4.24. The van der Waals surface area contributed by atoms with Crippen molar-refractivity contribution in [3.63, 3.8) is 0 Å². The molecule has 1 aromatic carbocycles. The predicted octanol–water partition coefficient (Wildman–Crippen LogP) is 3.14. The summed E-state index contributed by atoms with van der Waals surface area (Å²) in [5, 5.41) is 9.32. The van der Waals surface area contributed by atoms with Crippen molar-refractivity contribution >= 4 is 32.8 Å². The van der Waals surface area contributed by atoms with Crippen LogP contribution in [-0.4, -0.2) is 16.1 Å². The number of hydrogen-bond acceptors (Lipinski definition) is 2. The lowest BCUT2D eigenvalue weighted by molar-refractivity contribution is 0.0699. The molecule has 0 radical (unpaired) electrons. The lowest BCUT2D eigenvalue weighted by Crippen LogP contribution is -2.01. The van der Waals surface area contributed by atoms with Crippen LogP contribution < -0.4 is 0 Å². The number of nitrogens with zero attached hydrogens (tertiary/aromatic N) is 1. The Morgan fingerprint density at radius 2 is 2.12 bits per heavy atom. The molecule has 0 amide bonds. The second-order valence-corrected chi connectivity index (χ2v) is 4.32. The topological polar surface area (TPSA) is 50.2 Å². The summed E-state index contributed by atoms with van der Waals surface area (Å²) in [6.07, 6.45) is 0. The molecule has 0 aliphatic rings. The van der Waals surface area contributed by atoms with Crippen molar-refractivity contribution in [2.45, 2.75) is 6.92 Å². The highest BCUT2D eigenvalue weighted by Gasteiger charge is 2.14. The summed E-state index contributed by atoms with van der Waals surface area (Å²) in [5.74, 6) is -1.62. The van der Waals surface area contributed by atoms with Crippen LogP contribution in [0.4, 0.5) is 4.39 Å². The smallest absolute Gasteiger partial charge is 0.336 e. The van der Waals surface area contributed by atoms with E-state index in [2.05, 4.69) is 20.9 Å². The normalized spacial score (nSPS) is 10.7. The fourth-order valence-electron chi connectivity index (χ4n) is 1.56. The standard InChI is InChI=1S/C11H7BrFNO2/c1-5-2-8(11(15)16)7-3-6(12)4-9(13)10(7)14-5/h2-4H,1H3,(H,15,16). The van der Waals surface area contributed by atoms with E-state index in [1.165, 1.54) is 12.1 Å². The number of fused-ring (bicyclic) bond motifs is 1. The number of aromatic nitrogens is 1. The van der Waals surface area contributed by atoms with Gasteiger partial charge in [-0.15, -0.1) is 0 Å². The van der Waals surface area contributed by atoms with Gasteiger partial charge < -0.3 is 5.11 Å². The molecule has 2 aromatic rings. The van der Waals surface area contributed by atoms with Crippen molar-refractivity contribution in [2.75, 3.05) is 0 Å². The first-order valence-corrected chi connectivity index (χ1v) is 5.28. The molecular weight excluding hydrogens is 277 g/mol. The molecule has 0 bridgehead atoms. The Balaban J connectivity index is 2.95. The van der Waals surface area contributed by atoms with E-state index in [-0.39, 0.29) is 11.1 Å². The number of carboxylic acids is 1. The molecule has 1 aromatic heterocycles. The van der Waals surface area contributed by atoms with Gasteiger partial charge in [0.25, 0.3) is 0 Å². The molecule has 3 nitrogen and oxygen atoms in total. The maximum Gasteiger partial charge on any atom is 0.336 e. The maximum absolute atomic E-state index is 13.6. The van der Waals surface area contributed by atoms with Gasteiger partial charge in [-0.2, -0.15) is 0 Å². The third-order valence-electron chi connectivity index (χ3n) is 2.19. The Morgan fingerprint density at radius 1 is 1.44 bits per heavy atom. The summed E-state index contributed by atoms with van der Waals surface area (Å²) in [7, 11) is 0. The number of pyridine rings is 1. The van der Waals surface area contributed by atoms with Crippen molar-refractivity contribution in [3.05, 3.63) is 39.7 Å². The second kappa shape index (κ2) is 3.83. The third-order valence-corrected chi connectivity index (χ3v) is 2.65. The monoisotopic (exact) mass is 283 g/mol. The van der Waals surface area contributed by atoms with Gasteiger partial charge in [0.1, 0.15) is 5.52 Å². The number of hydrogen-bond donors (Lipinski definition) is 1. The van der Waals surface area contributed by atoms with Gasteiger partial charge >= 0.3 is 5.97 Å². The van der Waals surface area contributed by atoms with Crippen molar-refractivity contribution < 1.29 is 14.3 Å². The molecule has 0 aliphatic carbocycles. The van der Waals surface area contributed by atoms with Crippen molar-refractivity contribution in [1.82, 2.24) is 4.98 Å². The van der Waals surface area contributed by atoms with Crippen LogP contribution >= 0.6 is 15.9 Å². The molecule has 0 saturated carbocycles. The highest BCUT2D eigenvalue weighted by atomic mass is 79.9. The number of halogens is 2. The van der Waals surface area contributed by atoms with E-state index in [1.54, 1.807) is 13.0 Å². The molecule has 82 valence electrons. The van der Waals surface area contributed by atoms with E-state index in [4.69, 9.17) is 5.11 Å². The minimum Gasteiger partial charge on any atom is -0.478 e. The average Bonchev–Trinajstić information content (AvgIpc) is 2.18. The molecule has 0 aliphatic heterocycles. The summed E-state index contributed by atoms with van der Waals surface area (Å²) in [4.78, 5) is 15.0. The van der Waals surface area contributed by atoms with Gasteiger partial charge in [0.05, 0.1) is 5.56 Å². The number of benzene rings is 1. The van der Waals surface area contributed by atoms with Crippen LogP contribution in [0, 0.1) is 12.7 Å². The fourth-order valence-corrected chi connectivity index (χ4v) is 1.99. The maximum atomic E-state index is 13.6. The first-order chi connectivity index (χ1) is 7.49. The fraction of sp³-hybridized carbons (Fsp3) is 0.0909. The minimum atomic E-state index is -1.09. The zero-order chi connectivity index (χ0) is 11.9. The number of aromatic carboxylic acids is 1. The number of carbonyl (C=O) groups is 1. The lowest BCUT2D eigenvalue weighted by Gasteiger charge is -2.05. The van der Waals surface area contributed by atoms with E-state index in [9.17, 15) is 9.18 Å². The number of rotatable bonds is 1. The Labute approximate surface area is 99.1 Å². The van der Waals surface area contributed by atoms with E-state index >= 15 is 0 Å². The van der Waals surface area contributed by atoms with Crippen LogP contribution in [0.2, 0.25) is 0 Å². The molecule has 1 N–H and O–H groups in total. The van der Waals surface area contributed by atoms with Crippen LogP contribution in [0.5, 0.6) is 0 Å². The molecule has 0 atom stereocenters. The Hall–Kier alpha value is -1.49. The second-order valence-electron chi connectivity index (χ2n) is 3.40. The summed E-state index contributed by atoms with van der Waals surface area (Å²) < 4.78 is 14.1. The van der Waals surface area contributed by atoms with Gasteiger partial charge in [-0.05, 0) is 25.1 Å². The lowest BCUT2D eigenvalue weighted by atomic mass is 10.1. The SMILES string of the molecule is Cc1cc(C(=O)O)c2cc(Br)cc(F)c2n1. The predicted molar refractivity (Wildman–Crippen MR) is 61.1 cm³/mol. The van der Waals surface area contributed by atoms with E-state index in [0.717, 1.165) is 0 Å². The molecule has 0 spiro atoms. The first kappa shape index (κ1) is 11.0. The van der Waals surface area contributed by atoms with E-state index in [0.29, 0.717) is 15.6 Å². The largest absolute Gasteiger partial charge is 0.478 e. The molecule has 2 rings (SSSR count). The van der Waals surface area contributed by atoms with Crippen LogP contribution in [-0.2, 0) is 0 Å².